The zero-order valence-corrected chi connectivity index (χ0v) is 13.1. The lowest BCUT2D eigenvalue weighted by atomic mass is 9.99. The monoisotopic (exact) mass is 346 g/mol. The first-order valence-corrected chi connectivity index (χ1v) is 7.43. The Balaban J connectivity index is 1.91. The van der Waals surface area contributed by atoms with Gasteiger partial charge < -0.3 is 10.2 Å². The summed E-state index contributed by atoms with van der Waals surface area (Å²) in [6.45, 7) is 0. The minimum absolute atomic E-state index is 0.144. The highest BCUT2D eigenvalue weighted by Crippen LogP contribution is 2.22. The van der Waals surface area contributed by atoms with Crippen molar-refractivity contribution in [2.24, 2.45) is 12.8 Å². The van der Waals surface area contributed by atoms with Gasteiger partial charge >= 0.3 is 5.76 Å². The fourth-order valence-electron chi connectivity index (χ4n) is 2.42. The van der Waals surface area contributed by atoms with Crippen LogP contribution in [-0.4, -0.2) is 4.57 Å². The van der Waals surface area contributed by atoms with Crippen molar-refractivity contribution in [1.82, 2.24) is 4.57 Å². The molecule has 21 heavy (non-hydrogen) atoms. The van der Waals surface area contributed by atoms with Gasteiger partial charge in [0.25, 0.3) is 0 Å². The van der Waals surface area contributed by atoms with E-state index in [2.05, 4.69) is 22.0 Å². The van der Waals surface area contributed by atoms with Crippen LogP contribution in [0.15, 0.2) is 56.1 Å². The van der Waals surface area contributed by atoms with E-state index in [4.69, 9.17) is 10.2 Å². The largest absolute Gasteiger partial charge is 0.419 e. The van der Waals surface area contributed by atoms with Crippen molar-refractivity contribution >= 4 is 27.0 Å². The van der Waals surface area contributed by atoms with Gasteiger partial charge in [-0.1, -0.05) is 34.1 Å². The zero-order valence-electron chi connectivity index (χ0n) is 11.5. The molecule has 4 nitrogen and oxygen atoms in total. The lowest BCUT2D eigenvalue weighted by Gasteiger charge is -2.12. The van der Waals surface area contributed by atoms with Gasteiger partial charge in [0.15, 0.2) is 5.58 Å². The first-order chi connectivity index (χ1) is 10.0. The van der Waals surface area contributed by atoms with Crippen molar-refractivity contribution in [3.8, 4) is 0 Å². The molecule has 0 aliphatic carbocycles. The molecule has 0 aliphatic heterocycles. The molecular formula is C16H15BrN2O2. The second-order valence-corrected chi connectivity index (χ2v) is 6.01. The number of rotatable bonds is 3. The number of aryl methyl sites for hydroxylation is 1. The smallest absolute Gasteiger partial charge is 0.408 e. The molecule has 1 aromatic heterocycles. The maximum absolute atomic E-state index is 11.5. The third kappa shape index (κ3) is 2.80. The van der Waals surface area contributed by atoms with Gasteiger partial charge in [-0.3, -0.25) is 4.57 Å². The topological polar surface area (TPSA) is 61.2 Å². The standard InChI is InChI=1S/C16H15BrN2O2/c1-19-14-6-5-11(9-15(14)21-16(19)20)13(18)8-10-3-2-4-12(17)7-10/h2-7,9,13H,8,18H2,1H3. The van der Waals surface area contributed by atoms with E-state index in [0.29, 0.717) is 5.58 Å². The molecule has 0 radical (unpaired) electrons. The lowest BCUT2D eigenvalue weighted by Crippen LogP contribution is -2.13. The first-order valence-electron chi connectivity index (χ1n) is 6.64. The van der Waals surface area contributed by atoms with Crippen LogP contribution in [0.4, 0.5) is 0 Å². The van der Waals surface area contributed by atoms with E-state index >= 15 is 0 Å². The molecule has 0 aliphatic rings. The molecule has 0 fully saturated rings. The summed E-state index contributed by atoms with van der Waals surface area (Å²) in [6, 6.07) is 13.6. The number of hydrogen-bond acceptors (Lipinski definition) is 3. The summed E-state index contributed by atoms with van der Waals surface area (Å²) in [6.07, 6.45) is 0.724. The molecule has 0 amide bonds. The number of nitrogens with zero attached hydrogens (tertiary/aromatic N) is 1. The second-order valence-electron chi connectivity index (χ2n) is 5.09. The normalized spacial score (nSPS) is 12.7. The molecule has 2 aromatic carbocycles. The third-order valence-electron chi connectivity index (χ3n) is 3.59. The van der Waals surface area contributed by atoms with Crippen molar-refractivity contribution in [1.29, 1.82) is 0 Å². The predicted molar refractivity (Wildman–Crippen MR) is 86.2 cm³/mol. The zero-order chi connectivity index (χ0) is 15.0. The van der Waals surface area contributed by atoms with Gasteiger partial charge in [-0.2, -0.15) is 0 Å². The minimum atomic E-state index is -0.359. The number of aromatic nitrogens is 1. The van der Waals surface area contributed by atoms with E-state index in [9.17, 15) is 4.79 Å². The molecule has 1 atom stereocenters. The highest BCUT2D eigenvalue weighted by atomic mass is 79.9. The third-order valence-corrected chi connectivity index (χ3v) is 4.08. The molecule has 0 saturated heterocycles. The molecule has 0 bridgehead atoms. The summed E-state index contributed by atoms with van der Waals surface area (Å²) in [7, 11) is 1.69. The number of hydrogen-bond donors (Lipinski definition) is 1. The summed E-state index contributed by atoms with van der Waals surface area (Å²) in [4.78, 5) is 11.5. The van der Waals surface area contributed by atoms with Crippen LogP contribution < -0.4 is 11.5 Å². The lowest BCUT2D eigenvalue weighted by molar-refractivity contribution is 0.527. The Morgan fingerprint density at radius 2 is 2.10 bits per heavy atom. The number of benzene rings is 2. The Bertz CT molecular complexity index is 851. The van der Waals surface area contributed by atoms with Gasteiger partial charge in [-0.15, -0.1) is 0 Å². The van der Waals surface area contributed by atoms with Crippen LogP contribution in [0.1, 0.15) is 17.2 Å². The summed E-state index contributed by atoms with van der Waals surface area (Å²) in [5.74, 6) is -0.359. The molecule has 1 unspecified atom stereocenters. The maximum Gasteiger partial charge on any atom is 0.419 e. The molecule has 3 aromatic rings. The van der Waals surface area contributed by atoms with Crippen molar-refractivity contribution in [3.05, 3.63) is 68.6 Å². The Kier molecular flexibility index (Phi) is 3.69. The highest BCUT2D eigenvalue weighted by Gasteiger charge is 2.11. The summed E-state index contributed by atoms with van der Waals surface area (Å²) in [5, 5.41) is 0. The van der Waals surface area contributed by atoms with Crippen LogP contribution in [0.5, 0.6) is 0 Å². The molecule has 2 N–H and O–H groups in total. The minimum Gasteiger partial charge on any atom is -0.408 e. The van der Waals surface area contributed by atoms with Crippen LogP contribution in [0, 0.1) is 0 Å². The number of halogens is 1. The van der Waals surface area contributed by atoms with E-state index in [1.165, 1.54) is 4.57 Å². The number of nitrogens with two attached hydrogens (primary N) is 1. The van der Waals surface area contributed by atoms with E-state index in [1.54, 1.807) is 7.05 Å². The Hall–Kier alpha value is -1.85. The van der Waals surface area contributed by atoms with E-state index in [1.807, 2.05) is 36.4 Å². The Labute approximate surface area is 130 Å². The van der Waals surface area contributed by atoms with Crippen LogP contribution in [0.3, 0.4) is 0 Å². The molecule has 3 rings (SSSR count). The van der Waals surface area contributed by atoms with E-state index < -0.39 is 0 Å². The van der Waals surface area contributed by atoms with E-state index in [-0.39, 0.29) is 11.8 Å². The molecular weight excluding hydrogens is 332 g/mol. The average molecular weight is 347 g/mol. The van der Waals surface area contributed by atoms with Gasteiger partial charge in [0.05, 0.1) is 5.52 Å². The SMILES string of the molecule is Cn1c(=O)oc2cc(C(N)Cc3cccc(Br)c3)ccc21. The summed E-state index contributed by atoms with van der Waals surface area (Å²) >= 11 is 3.46. The quantitative estimate of drug-likeness (QED) is 0.792. The van der Waals surface area contributed by atoms with Gasteiger partial charge in [0.1, 0.15) is 0 Å². The molecule has 0 saturated carbocycles. The fraction of sp³-hybridized carbons (Fsp3) is 0.188. The van der Waals surface area contributed by atoms with Crippen molar-refractivity contribution < 1.29 is 4.42 Å². The fourth-order valence-corrected chi connectivity index (χ4v) is 2.86. The van der Waals surface area contributed by atoms with Crippen LogP contribution in [-0.2, 0) is 13.5 Å². The number of fused-ring (bicyclic) bond motifs is 1. The van der Waals surface area contributed by atoms with Gasteiger partial charge in [0.2, 0.25) is 0 Å². The average Bonchev–Trinajstić information content (AvgIpc) is 2.73. The molecule has 1 heterocycles. The summed E-state index contributed by atoms with van der Waals surface area (Å²) < 4.78 is 7.73. The van der Waals surface area contributed by atoms with Crippen molar-refractivity contribution in [2.75, 3.05) is 0 Å². The molecule has 0 spiro atoms. The van der Waals surface area contributed by atoms with Crippen molar-refractivity contribution in [2.45, 2.75) is 12.5 Å². The van der Waals surface area contributed by atoms with Crippen molar-refractivity contribution in [3.63, 3.8) is 0 Å². The molecule has 108 valence electrons. The highest BCUT2D eigenvalue weighted by molar-refractivity contribution is 9.10. The van der Waals surface area contributed by atoms with Gasteiger partial charge in [0, 0.05) is 17.6 Å². The Morgan fingerprint density at radius 1 is 1.29 bits per heavy atom. The van der Waals surface area contributed by atoms with E-state index in [0.717, 1.165) is 27.5 Å². The van der Waals surface area contributed by atoms with Crippen LogP contribution in [0.25, 0.3) is 11.1 Å². The maximum atomic E-state index is 11.5. The Morgan fingerprint density at radius 3 is 2.86 bits per heavy atom. The van der Waals surface area contributed by atoms with Crippen LogP contribution >= 0.6 is 15.9 Å². The molecule has 5 heteroatoms. The first kappa shape index (κ1) is 14.1. The number of oxazole rings is 1. The summed E-state index contributed by atoms with van der Waals surface area (Å²) in [5.41, 5.74) is 9.74. The van der Waals surface area contributed by atoms with Crippen LogP contribution in [0.2, 0.25) is 0 Å². The predicted octanol–water partition coefficient (Wildman–Crippen LogP) is 3.14. The van der Waals surface area contributed by atoms with Gasteiger partial charge in [-0.25, -0.2) is 4.79 Å². The van der Waals surface area contributed by atoms with Gasteiger partial charge in [-0.05, 0) is 41.8 Å². The second kappa shape index (κ2) is 5.50.